The summed E-state index contributed by atoms with van der Waals surface area (Å²) in [7, 11) is 0. The highest BCUT2D eigenvalue weighted by molar-refractivity contribution is 5.88. The number of carbonyl (C=O) groups is 1. The number of para-hydroxylation sites is 2. The second-order valence-corrected chi connectivity index (χ2v) is 8.40. The van der Waals surface area contributed by atoms with Gasteiger partial charge in [-0.2, -0.15) is 0 Å². The predicted molar refractivity (Wildman–Crippen MR) is 130 cm³/mol. The van der Waals surface area contributed by atoms with E-state index in [9.17, 15) is 4.79 Å². The van der Waals surface area contributed by atoms with Crippen molar-refractivity contribution in [3.8, 4) is 5.75 Å². The second-order valence-electron chi connectivity index (χ2n) is 8.40. The quantitative estimate of drug-likeness (QED) is 0.345. The predicted octanol–water partition coefficient (Wildman–Crippen LogP) is 5.36. The van der Waals surface area contributed by atoms with E-state index in [0.29, 0.717) is 13.2 Å². The van der Waals surface area contributed by atoms with Crippen LogP contribution in [-0.2, 0) is 17.8 Å². The van der Waals surface area contributed by atoms with Gasteiger partial charge in [0.15, 0.2) is 0 Å². The molecular formula is C27H31N3O2. The van der Waals surface area contributed by atoms with Gasteiger partial charge in [-0.05, 0) is 36.4 Å². The molecule has 0 saturated carbocycles. The Bertz CT molecular complexity index is 1190. The molecule has 32 heavy (non-hydrogen) atoms. The van der Waals surface area contributed by atoms with E-state index in [1.807, 2.05) is 44.2 Å². The minimum atomic E-state index is 0.0151. The molecule has 0 aliphatic heterocycles. The number of benzene rings is 3. The van der Waals surface area contributed by atoms with Crippen LogP contribution in [-0.4, -0.2) is 28.6 Å². The first-order chi connectivity index (χ1) is 15.6. The smallest absolute Gasteiger partial charge is 0.222 e. The SMILES string of the molecule is CC(C)C(=O)NCCCc1nc2ccccc2n1CCCOc1cccc2ccccc12. The Morgan fingerprint density at radius 3 is 2.66 bits per heavy atom. The Balaban J connectivity index is 1.38. The summed E-state index contributed by atoms with van der Waals surface area (Å²) in [6.45, 7) is 5.98. The molecule has 1 aromatic heterocycles. The lowest BCUT2D eigenvalue weighted by atomic mass is 10.1. The third kappa shape index (κ3) is 5.10. The van der Waals surface area contributed by atoms with Gasteiger partial charge in [-0.3, -0.25) is 4.79 Å². The van der Waals surface area contributed by atoms with Crippen molar-refractivity contribution in [2.24, 2.45) is 5.92 Å². The van der Waals surface area contributed by atoms with Gasteiger partial charge in [-0.25, -0.2) is 4.98 Å². The zero-order chi connectivity index (χ0) is 22.3. The van der Waals surface area contributed by atoms with E-state index in [4.69, 9.17) is 9.72 Å². The minimum absolute atomic E-state index is 0.0151. The molecule has 5 nitrogen and oxygen atoms in total. The summed E-state index contributed by atoms with van der Waals surface area (Å²) < 4.78 is 8.43. The van der Waals surface area contributed by atoms with Gasteiger partial charge >= 0.3 is 0 Å². The van der Waals surface area contributed by atoms with Gasteiger partial charge in [0.2, 0.25) is 5.91 Å². The molecule has 0 aliphatic rings. The molecule has 0 fully saturated rings. The highest BCUT2D eigenvalue weighted by Gasteiger charge is 2.11. The molecule has 4 aromatic rings. The molecule has 0 aliphatic carbocycles. The zero-order valence-electron chi connectivity index (χ0n) is 18.9. The minimum Gasteiger partial charge on any atom is -0.493 e. The van der Waals surface area contributed by atoms with Crippen molar-refractivity contribution in [3.63, 3.8) is 0 Å². The van der Waals surface area contributed by atoms with E-state index in [-0.39, 0.29) is 11.8 Å². The van der Waals surface area contributed by atoms with Crippen LogP contribution in [0.15, 0.2) is 66.7 Å². The van der Waals surface area contributed by atoms with Crippen LogP contribution in [0.5, 0.6) is 5.75 Å². The van der Waals surface area contributed by atoms with Gasteiger partial charge < -0.3 is 14.6 Å². The van der Waals surface area contributed by atoms with Crippen LogP contribution in [0, 0.1) is 5.92 Å². The summed E-state index contributed by atoms with van der Waals surface area (Å²) in [5.41, 5.74) is 2.17. The Morgan fingerprint density at radius 1 is 1.00 bits per heavy atom. The van der Waals surface area contributed by atoms with Crippen molar-refractivity contribution < 1.29 is 9.53 Å². The van der Waals surface area contributed by atoms with E-state index < -0.39 is 0 Å². The average molecular weight is 430 g/mol. The Hall–Kier alpha value is -3.34. The number of rotatable bonds is 10. The highest BCUT2D eigenvalue weighted by atomic mass is 16.5. The molecule has 0 saturated heterocycles. The molecule has 0 unspecified atom stereocenters. The summed E-state index contributed by atoms with van der Waals surface area (Å²) in [5.74, 6) is 2.11. The summed E-state index contributed by atoms with van der Waals surface area (Å²) in [6, 6.07) is 22.7. The van der Waals surface area contributed by atoms with Gasteiger partial charge in [0.05, 0.1) is 17.6 Å². The Kier molecular flexibility index (Phi) is 7.05. The van der Waals surface area contributed by atoms with E-state index in [1.54, 1.807) is 0 Å². The molecule has 3 aromatic carbocycles. The van der Waals surface area contributed by atoms with Crippen molar-refractivity contribution in [3.05, 3.63) is 72.6 Å². The summed E-state index contributed by atoms with van der Waals surface area (Å²) >= 11 is 0. The normalized spacial score (nSPS) is 11.3. The number of amides is 1. The van der Waals surface area contributed by atoms with Crippen molar-refractivity contribution in [1.29, 1.82) is 0 Å². The number of aryl methyl sites for hydroxylation is 2. The first kappa shape index (κ1) is 21.9. The van der Waals surface area contributed by atoms with Gasteiger partial charge in [0.1, 0.15) is 11.6 Å². The van der Waals surface area contributed by atoms with Gasteiger partial charge in [0, 0.05) is 30.8 Å². The summed E-state index contributed by atoms with van der Waals surface area (Å²) in [6.07, 6.45) is 2.59. The third-order valence-electron chi connectivity index (χ3n) is 5.67. The standard InChI is InChI=1S/C27H31N3O2/c1-20(2)27(31)28-17-8-16-26-29-23-13-5-6-14-24(23)30(26)18-9-19-32-25-15-7-11-21-10-3-4-12-22(21)25/h3-7,10-15,20H,8-9,16-19H2,1-2H3,(H,28,31). The topological polar surface area (TPSA) is 56.2 Å². The fraction of sp³-hybridized carbons (Fsp3) is 0.333. The van der Waals surface area contributed by atoms with Crippen molar-refractivity contribution >= 4 is 27.7 Å². The lowest BCUT2D eigenvalue weighted by Crippen LogP contribution is -2.28. The van der Waals surface area contributed by atoms with Crippen molar-refractivity contribution in [2.45, 2.75) is 39.7 Å². The van der Waals surface area contributed by atoms with Crippen LogP contribution >= 0.6 is 0 Å². The maximum Gasteiger partial charge on any atom is 0.222 e. The molecule has 166 valence electrons. The number of ether oxygens (including phenoxy) is 1. The number of hydrogen-bond acceptors (Lipinski definition) is 3. The first-order valence-electron chi connectivity index (χ1n) is 11.5. The Morgan fingerprint density at radius 2 is 1.78 bits per heavy atom. The van der Waals surface area contributed by atoms with E-state index in [1.165, 1.54) is 5.39 Å². The number of nitrogens with one attached hydrogen (secondary N) is 1. The van der Waals surface area contributed by atoms with Crippen LogP contribution < -0.4 is 10.1 Å². The number of fused-ring (bicyclic) bond motifs is 2. The van der Waals surface area contributed by atoms with E-state index in [2.05, 4.69) is 46.3 Å². The van der Waals surface area contributed by atoms with Gasteiger partial charge in [0.25, 0.3) is 0 Å². The average Bonchev–Trinajstić information content (AvgIpc) is 3.16. The van der Waals surface area contributed by atoms with E-state index >= 15 is 0 Å². The number of imidazole rings is 1. The van der Waals surface area contributed by atoms with Crippen LogP contribution in [0.2, 0.25) is 0 Å². The van der Waals surface area contributed by atoms with Crippen molar-refractivity contribution in [1.82, 2.24) is 14.9 Å². The maximum absolute atomic E-state index is 11.8. The fourth-order valence-electron chi connectivity index (χ4n) is 3.95. The fourth-order valence-corrected chi connectivity index (χ4v) is 3.95. The molecule has 5 heteroatoms. The van der Waals surface area contributed by atoms with Gasteiger partial charge in [-0.15, -0.1) is 0 Å². The largest absolute Gasteiger partial charge is 0.493 e. The van der Waals surface area contributed by atoms with E-state index in [0.717, 1.165) is 53.8 Å². The second kappa shape index (κ2) is 10.3. The summed E-state index contributed by atoms with van der Waals surface area (Å²) in [5, 5.41) is 5.33. The van der Waals surface area contributed by atoms with Crippen LogP contribution in [0.1, 0.15) is 32.5 Å². The van der Waals surface area contributed by atoms with Crippen LogP contribution in [0.4, 0.5) is 0 Å². The zero-order valence-corrected chi connectivity index (χ0v) is 18.9. The molecule has 1 amide bonds. The maximum atomic E-state index is 11.8. The lowest BCUT2D eigenvalue weighted by Gasteiger charge is -2.12. The molecule has 0 radical (unpaired) electrons. The highest BCUT2D eigenvalue weighted by Crippen LogP contribution is 2.25. The lowest BCUT2D eigenvalue weighted by molar-refractivity contribution is -0.123. The third-order valence-corrected chi connectivity index (χ3v) is 5.67. The Labute approximate surface area is 189 Å². The number of nitrogens with zero attached hydrogens (tertiary/aromatic N) is 2. The van der Waals surface area contributed by atoms with Gasteiger partial charge in [-0.1, -0.05) is 62.4 Å². The summed E-state index contributed by atoms with van der Waals surface area (Å²) in [4.78, 5) is 16.6. The number of aromatic nitrogens is 2. The molecular weight excluding hydrogens is 398 g/mol. The molecule has 0 bridgehead atoms. The molecule has 1 heterocycles. The molecule has 4 rings (SSSR count). The monoisotopic (exact) mass is 429 g/mol. The molecule has 0 atom stereocenters. The first-order valence-corrected chi connectivity index (χ1v) is 11.5. The van der Waals surface area contributed by atoms with Crippen LogP contribution in [0.25, 0.3) is 21.8 Å². The number of hydrogen-bond donors (Lipinski definition) is 1. The molecule has 1 N–H and O–H groups in total. The van der Waals surface area contributed by atoms with Crippen LogP contribution in [0.3, 0.4) is 0 Å². The molecule has 0 spiro atoms. The van der Waals surface area contributed by atoms with Crippen molar-refractivity contribution in [2.75, 3.05) is 13.2 Å². The number of carbonyl (C=O) groups excluding carboxylic acids is 1.